The lowest BCUT2D eigenvalue weighted by Crippen LogP contribution is -2.03. The Morgan fingerprint density at radius 2 is 2.30 bits per heavy atom. The highest BCUT2D eigenvalue weighted by Gasteiger charge is 2.14. The molecule has 0 unspecified atom stereocenters. The first-order valence-corrected chi connectivity index (χ1v) is 6.57. The summed E-state index contributed by atoms with van der Waals surface area (Å²) in [5, 5.41) is 30.4. The maximum Gasteiger partial charge on any atom is 0.293 e. The molecule has 20 heavy (non-hydrogen) atoms. The third kappa shape index (κ3) is 3.52. The number of hydrogen-bond acceptors (Lipinski definition) is 6. The van der Waals surface area contributed by atoms with Crippen LogP contribution in [0.4, 0.5) is 11.4 Å². The fraction of sp³-hybridized carbons (Fsp3) is 0.273. The van der Waals surface area contributed by atoms with E-state index in [1.807, 2.05) is 0 Å². The number of aliphatic hydroxyl groups is 1. The van der Waals surface area contributed by atoms with Gasteiger partial charge in [0.2, 0.25) is 0 Å². The highest BCUT2D eigenvalue weighted by atomic mass is 79.9. The molecule has 1 aromatic carbocycles. The van der Waals surface area contributed by atoms with Gasteiger partial charge in [-0.05, 0) is 12.1 Å². The van der Waals surface area contributed by atoms with Crippen molar-refractivity contribution in [3.05, 3.63) is 44.7 Å². The van der Waals surface area contributed by atoms with Gasteiger partial charge < -0.3 is 10.4 Å². The average Bonchev–Trinajstić information content (AvgIpc) is 2.85. The Labute approximate surface area is 122 Å². The van der Waals surface area contributed by atoms with Crippen molar-refractivity contribution >= 4 is 27.3 Å². The van der Waals surface area contributed by atoms with E-state index in [4.69, 9.17) is 5.11 Å². The van der Waals surface area contributed by atoms with Gasteiger partial charge in [-0.3, -0.25) is 10.1 Å². The largest absolute Gasteiger partial charge is 0.394 e. The molecule has 0 spiro atoms. The molecule has 0 saturated heterocycles. The smallest absolute Gasteiger partial charge is 0.293 e. The standard InChI is InChI=1S/C11H12BrN5O3/c12-8-1-2-10(11(5-8)17(19)20)13-6-9-7-16(3-4-18)15-14-9/h1-2,5,7,13,18H,3-4,6H2. The van der Waals surface area contributed by atoms with Crippen LogP contribution < -0.4 is 5.32 Å². The van der Waals surface area contributed by atoms with E-state index in [1.54, 1.807) is 18.3 Å². The lowest BCUT2D eigenvalue weighted by molar-refractivity contribution is -0.384. The number of hydrogen-bond donors (Lipinski definition) is 2. The van der Waals surface area contributed by atoms with E-state index in [9.17, 15) is 10.1 Å². The molecule has 0 aliphatic carbocycles. The van der Waals surface area contributed by atoms with Crippen molar-refractivity contribution in [2.24, 2.45) is 0 Å². The van der Waals surface area contributed by atoms with Crippen LogP contribution in [0.2, 0.25) is 0 Å². The molecule has 0 aliphatic rings. The summed E-state index contributed by atoms with van der Waals surface area (Å²) in [5.74, 6) is 0. The van der Waals surface area contributed by atoms with Crippen LogP contribution in [0.25, 0.3) is 0 Å². The van der Waals surface area contributed by atoms with Crippen molar-refractivity contribution in [3.63, 3.8) is 0 Å². The van der Waals surface area contributed by atoms with Crippen molar-refractivity contribution in [1.82, 2.24) is 15.0 Å². The SMILES string of the molecule is O=[N+]([O-])c1cc(Br)ccc1NCc1cn(CCO)nn1. The molecule has 0 radical (unpaired) electrons. The van der Waals surface area contributed by atoms with Gasteiger partial charge in [-0.15, -0.1) is 5.10 Å². The van der Waals surface area contributed by atoms with E-state index in [-0.39, 0.29) is 12.3 Å². The fourth-order valence-corrected chi connectivity index (χ4v) is 1.97. The number of nitrogens with one attached hydrogen (secondary N) is 1. The summed E-state index contributed by atoms with van der Waals surface area (Å²) >= 11 is 3.20. The predicted molar refractivity (Wildman–Crippen MR) is 75.2 cm³/mol. The van der Waals surface area contributed by atoms with E-state index in [2.05, 4.69) is 31.6 Å². The van der Waals surface area contributed by atoms with Crippen LogP contribution in [0, 0.1) is 10.1 Å². The molecule has 2 aromatic rings. The third-order valence-corrected chi connectivity index (χ3v) is 3.02. The second-order valence-corrected chi connectivity index (χ2v) is 4.88. The molecule has 1 heterocycles. The number of nitrogens with zero attached hydrogens (tertiary/aromatic N) is 4. The first kappa shape index (κ1) is 14.4. The summed E-state index contributed by atoms with van der Waals surface area (Å²) in [7, 11) is 0. The van der Waals surface area contributed by atoms with Crippen LogP contribution in [0.1, 0.15) is 5.69 Å². The molecule has 8 nitrogen and oxygen atoms in total. The van der Waals surface area contributed by atoms with Crippen LogP contribution in [0.3, 0.4) is 0 Å². The number of halogens is 1. The Balaban J connectivity index is 2.08. The summed E-state index contributed by atoms with van der Waals surface area (Å²) in [6.45, 7) is 0.660. The number of aromatic nitrogens is 3. The van der Waals surface area contributed by atoms with E-state index in [0.29, 0.717) is 28.9 Å². The minimum atomic E-state index is -0.449. The Morgan fingerprint density at radius 3 is 3.00 bits per heavy atom. The zero-order valence-electron chi connectivity index (χ0n) is 10.4. The Bertz CT molecular complexity index is 616. The molecule has 2 rings (SSSR count). The van der Waals surface area contributed by atoms with E-state index >= 15 is 0 Å². The summed E-state index contributed by atoms with van der Waals surface area (Å²) < 4.78 is 2.15. The Kier molecular flexibility index (Phi) is 4.64. The van der Waals surface area contributed by atoms with Crippen LogP contribution in [-0.2, 0) is 13.1 Å². The quantitative estimate of drug-likeness (QED) is 0.609. The first-order chi connectivity index (χ1) is 9.60. The fourth-order valence-electron chi connectivity index (χ4n) is 1.62. The van der Waals surface area contributed by atoms with Crippen LogP contribution in [0.5, 0.6) is 0 Å². The summed E-state index contributed by atoms with van der Waals surface area (Å²) in [4.78, 5) is 10.5. The van der Waals surface area contributed by atoms with E-state index < -0.39 is 4.92 Å². The molecule has 2 N–H and O–H groups in total. The summed E-state index contributed by atoms with van der Waals surface area (Å²) in [5.41, 5.74) is 1.03. The summed E-state index contributed by atoms with van der Waals surface area (Å²) in [6.07, 6.45) is 1.67. The maximum atomic E-state index is 11.0. The summed E-state index contributed by atoms with van der Waals surface area (Å²) in [6, 6.07) is 4.78. The van der Waals surface area contributed by atoms with Gasteiger partial charge in [0.1, 0.15) is 11.4 Å². The second kappa shape index (κ2) is 6.44. The van der Waals surface area contributed by atoms with E-state index in [0.717, 1.165) is 0 Å². The third-order valence-electron chi connectivity index (χ3n) is 2.53. The molecule has 0 bridgehead atoms. The second-order valence-electron chi connectivity index (χ2n) is 3.97. The lowest BCUT2D eigenvalue weighted by Gasteiger charge is -2.05. The number of nitro groups is 1. The number of rotatable bonds is 6. The molecule has 0 saturated carbocycles. The number of aliphatic hydroxyl groups excluding tert-OH is 1. The van der Waals surface area contributed by atoms with Crippen LogP contribution in [0.15, 0.2) is 28.9 Å². The minimum Gasteiger partial charge on any atom is -0.394 e. The molecular formula is C11H12BrN5O3. The predicted octanol–water partition coefficient (Wildman–Crippen LogP) is 1.55. The monoisotopic (exact) mass is 341 g/mol. The Morgan fingerprint density at radius 1 is 1.50 bits per heavy atom. The van der Waals surface area contributed by atoms with Gasteiger partial charge in [-0.25, -0.2) is 4.68 Å². The number of nitro benzene ring substituents is 1. The molecule has 0 fully saturated rings. The van der Waals surface area contributed by atoms with Crippen molar-refractivity contribution in [1.29, 1.82) is 0 Å². The van der Waals surface area contributed by atoms with Gasteiger partial charge in [0, 0.05) is 10.5 Å². The molecule has 0 aliphatic heterocycles. The van der Waals surface area contributed by atoms with Gasteiger partial charge in [0.15, 0.2) is 0 Å². The highest BCUT2D eigenvalue weighted by molar-refractivity contribution is 9.10. The molecule has 9 heteroatoms. The van der Waals surface area contributed by atoms with Gasteiger partial charge >= 0.3 is 0 Å². The molecule has 106 valence electrons. The van der Waals surface area contributed by atoms with Gasteiger partial charge in [0.25, 0.3) is 5.69 Å². The topological polar surface area (TPSA) is 106 Å². The van der Waals surface area contributed by atoms with Gasteiger partial charge in [-0.1, -0.05) is 21.1 Å². The van der Waals surface area contributed by atoms with Crippen LogP contribution in [-0.4, -0.2) is 31.6 Å². The molecule has 0 amide bonds. The maximum absolute atomic E-state index is 11.0. The molecule has 1 aromatic heterocycles. The van der Waals surface area contributed by atoms with Crippen molar-refractivity contribution < 1.29 is 10.0 Å². The number of anilines is 1. The number of benzene rings is 1. The van der Waals surface area contributed by atoms with Crippen molar-refractivity contribution in [2.75, 3.05) is 11.9 Å². The molecule has 0 atom stereocenters. The molecular weight excluding hydrogens is 330 g/mol. The Hall–Kier alpha value is -2.00. The van der Waals surface area contributed by atoms with Gasteiger partial charge in [-0.2, -0.15) is 0 Å². The van der Waals surface area contributed by atoms with E-state index in [1.165, 1.54) is 10.7 Å². The van der Waals surface area contributed by atoms with Crippen molar-refractivity contribution in [3.8, 4) is 0 Å². The average molecular weight is 342 g/mol. The normalized spacial score (nSPS) is 10.5. The van der Waals surface area contributed by atoms with Crippen LogP contribution >= 0.6 is 15.9 Å². The first-order valence-electron chi connectivity index (χ1n) is 5.78. The zero-order valence-corrected chi connectivity index (χ0v) is 11.9. The minimum absolute atomic E-state index is 0.0119. The van der Waals surface area contributed by atoms with Gasteiger partial charge in [0.05, 0.1) is 30.8 Å². The lowest BCUT2D eigenvalue weighted by atomic mass is 10.2. The highest BCUT2D eigenvalue weighted by Crippen LogP contribution is 2.28. The van der Waals surface area contributed by atoms with Crippen molar-refractivity contribution in [2.45, 2.75) is 13.1 Å². The zero-order chi connectivity index (χ0) is 14.5.